The van der Waals surface area contributed by atoms with Crippen LogP contribution in [-0.2, 0) is 28.0 Å². The van der Waals surface area contributed by atoms with Crippen LogP contribution in [0.3, 0.4) is 0 Å². The third kappa shape index (κ3) is 6.14. The zero-order valence-electron chi connectivity index (χ0n) is 28.2. The quantitative estimate of drug-likeness (QED) is 0.329. The van der Waals surface area contributed by atoms with Crippen molar-refractivity contribution in [1.82, 2.24) is 14.7 Å². The molecule has 3 fully saturated rings. The van der Waals surface area contributed by atoms with E-state index in [1.807, 2.05) is 23.1 Å². The number of allylic oxidation sites excluding steroid dienone is 1. The summed E-state index contributed by atoms with van der Waals surface area (Å²) in [7, 11) is 6.71. The van der Waals surface area contributed by atoms with Gasteiger partial charge in [-0.25, -0.2) is 4.79 Å². The van der Waals surface area contributed by atoms with Crippen LogP contribution in [0.1, 0.15) is 62.6 Å². The predicted molar refractivity (Wildman–Crippen MR) is 175 cm³/mol. The Morgan fingerprint density at radius 1 is 0.891 bits per heavy atom. The second kappa shape index (κ2) is 13.3. The van der Waals surface area contributed by atoms with Gasteiger partial charge >= 0.3 is 6.03 Å². The van der Waals surface area contributed by atoms with Crippen molar-refractivity contribution in [3.05, 3.63) is 58.8 Å². The number of urea groups is 1. The van der Waals surface area contributed by atoms with Gasteiger partial charge in [0.05, 0.1) is 47.1 Å². The number of ether oxygens (including phenoxy) is 6. The molecule has 0 bridgehead atoms. The molecular weight excluding hydrogens is 586 g/mol. The van der Waals surface area contributed by atoms with Gasteiger partial charge in [0.2, 0.25) is 0 Å². The molecule has 2 amide bonds. The van der Waals surface area contributed by atoms with E-state index in [4.69, 9.17) is 28.4 Å². The van der Waals surface area contributed by atoms with Gasteiger partial charge in [-0.3, -0.25) is 9.80 Å². The summed E-state index contributed by atoms with van der Waals surface area (Å²) < 4.78 is 34.6. The zero-order chi connectivity index (χ0) is 32.5. The van der Waals surface area contributed by atoms with Crippen LogP contribution >= 0.6 is 0 Å². The maximum absolute atomic E-state index is 14.5. The number of carbonyl (C=O) groups is 1. The second-order valence-electron chi connectivity index (χ2n) is 13.3. The van der Waals surface area contributed by atoms with Crippen LogP contribution in [-0.4, -0.2) is 93.8 Å². The highest BCUT2D eigenvalue weighted by Gasteiger charge is 2.56. The summed E-state index contributed by atoms with van der Waals surface area (Å²) in [6.45, 7) is 9.01. The molecular formula is C36H49N3O7. The van der Waals surface area contributed by atoms with Crippen LogP contribution in [0.2, 0.25) is 0 Å². The number of likely N-dealkylation sites (tertiary alicyclic amines) is 1. The Morgan fingerprint density at radius 3 is 2.22 bits per heavy atom. The fraction of sp³-hybridized carbons (Fsp3) is 0.583. The maximum atomic E-state index is 14.5. The molecule has 2 aromatic rings. The van der Waals surface area contributed by atoms with Crippen molar-refractivity contribution < 1.29 is 33.2 Å². The molecule has 0 saturated carbocycles. The summed E-state index contributed by atoms with van der Waals surface area (Å²) in [6.07, 6.45) is 6.83. The molecule has 3 saturated heterocycles. The highest BCUT2D eigenvalue weighted by atomic mass is 16.7. The average Bonchev–Trinajstić information content (AvgIpc) is 3.17. The number of amides is 2. The van der Waals surface area contributed by atoms with Gasteiger partial charge in [-0.15, -0.1) is 0 Å². The molecule has 0 aliphatic carbocycles. The summed E-state index contributed by atoms with van der Waals surface area (Å²) in [5, 5.41) is 0. The third-order valence-corrected chi connectivity index (χ3v) is 10.1. The van der Waals surface area contributed by atoms with Gasteiger partial charge < -0.3 is 33.3 Å². The number of hydrogen-bond donors (Lipinski definition) is 0. The monoisotopic (exact) mass is 635 g/mol. The van der Waals surface area contributed by atoms with Crippen molar-refractivity contribution in [3.8, 4) is 23.0 Å². The van der Waals surface area contributed by atoms with Crippen molar-refractivity contribution in [2.45, 2.75) is 76.3 Å². The van der Waals surface area contributed by atoms with Gasteiger partial charge in [0.1, 0.15) is 23.0 Å². The van der Waals surface area contributed by atoms with Crippen molar-refractivity contribution in [2.24, 2.45) is 0 Å². The molecule has 46 heavy (non-hydrogen) atoms. The summed E-state index contributed by atoms with van der Waals surface area (Å²) >= 11 is 0. The number of fused-ring (bicyclic) bond motifs is 3. The Hall–Kier alpha value is -3.47. The average molecular weight is 636 g/mol. The largest absolute Gasteiger partial charge is 0.497 e. The van der Waals surface area contributed by atoms with Crippen LogP contribution in [0.5, 0.6) is 23.0 Å². The van der Waals surface area contributed by atoms with E-state index in [-0.39, 0.29) is 17.7 Å². The molecule has 1 spiro atoms. The number of nitrogens with zero attached hydrogens (tertiary/aromatic N) is 3. The van der Waals surface area contributed by atoms with Gasteiger partial charge in [0.15, 0.2) is 6.29 Å². The molecule has 10 nitrogen and oxygen atoms in total. The highest BCUT2D eigenvalue weighted by Crippen LogP contribution is 2.50. The van der Waals surface area contributed by atoms with Crippen LogP contribution < -0.4 is 18.9 Å². The van der Waals surface area contributed by atoms with Gasteiger partial charge in [-0.05, 0) is 61.4 Å². The lowest BCUT2D eigenvalue weighted by Gasteiger charge is -2.45. The Kier molecular flexibility index (Phi) is 9.41. The number of methoxy groups -OCH3 is 4. The highest BCUT2D eigenvalue weighted by molar-refractivity contribution is 5.83. The number of rotatable bonds is 10. The van der Waals surface area contributed by atoms with E-state index in [1.165, 1.54) is 0 Å². The normalized spacial score (nSPS) is 22.2. The number of carbonyl (C=O) groups excluding carboxylic acids is 1. The Balaban J connectivity index is 1.31. The number of hydrogen-bond acceptors (Lipinski definition) is 8. The van der Waals surface area contributed by atoms with E-state index in [0.29, 0.717) is 19.7 Å². The second-order valence-corrected chi connectivity index (χ2v) is 13.3. The smallest absolute Gasteiger partial charge is 0.325 e. The van der Waals surface area contributed by atoms with E-state index in [9.17, 15) is 4.79 Å². The van der Waals surface area contributed by atoms with E-state index < -0.39 is 5.54 Å². The molecule has 1 atom stereocenters. The Morgan fingerprint density at radius 2 is 1.59 bits per heavy atom. The summed E-state index contributed by atoms with van der Waals surface area (Å²) in [6, 6.07) is 10.0. The molecule has 4 heterocycles. The summed E-state index contributed by atoms with van der Waals surface area (Å²) in [5.74, 6) is 3.06. The molecule has 4 aliphatic rings. The third-order valence-electron chi connectivity index (χ3n) is 10.1. The first-order valence-corrected chi connectivity index (χ1v) is 16.5. The maximum Gasteiger partial charge on any atom is 0.325 e. The molecule has 0 radical (unpaired) electrons. The van der Waals surface area contributed by atoms with Crippen LogP contribution in [0, 0.1) is 0 Å². The molecule has 10 heteroatoms. The fourth-order valence-electron chi connectivity index (χ4n) is 7.80. The van der Waals surface area contributed by atoms with Crippen LogP contribution in [0.25, 0.3) is 0 Å². The van der Waals surface area contributed by atoms with Crippen molar-refractivity contribution in [1.29, 1.82) is 0 Å². The molecule has 0 N–H and O–H groups in total. The molecule has 4 aliphatic heterocycles. The van der Waals surface area contributed by atoms with E-state index >= 15 is 0 Å². The fourth-order valence-corrected chi connectivity index (χ4v) is 7.80. The summed E-state index contributed by atoms with van der Waals surface area (Å²) in [4.78, 5) is 21.1. The van der Waals surface area contributed by atoms with Gasteiger partial charge in [-0.2, -0.15) is 0 Å². The molecule has 6 rings (SSSR count). The van der Waals surface area contributed by atoms with Gasteiger partial charge in [0, 0.05) is 61.6 Å². The number of piperidine rings is 1. The minimum Gasteiger partial charge on any atom is -0.497 e. The lowest BCUT2D eigenvalue weighted by atomic mass is 9.77. The van der Waals surface area contributed by atoms with E-state index in [0.717, 1.165) is 104 Å². The van der Waals surface area contributed by atoms with Gasteiger partial charge in [-0.1, -0.05) is 19.9 Å². The molecule has 250 valence electrons. The lowest BCUT2D eigenvalue weighted by molar-refractivity contribution is -0.164. The van der Waals surface area contributed by atoms with Crippen molar-refractivity contribution >= 4 is 6.03 Å². The molecule has 2 aromatic carbocycles. The minimum absolute atomic E-state index is 0.0239. The lowest BCUT2D eigenvalue weighted by Crippen LogP contribution is -2.54. The Labute approximate surface area is 273 Å². The first-order valence-electron chi connectivity index (χ1n) is 16.5. The topological polar surface area (TPSA) is 82.2 Å². The standard InChI is InChI=1S/C36H49N3O7/c1-35(2)22-31-36(10-12-37(13-11-36)23-25-17-27(41-3)20-28(18-25)42-4)39(14-16-46-32-9-7-8-15-45-32)34(40)38(31)24-26-19-29(43-5)21-30(44-6)33(26)35/h17-22,32H,7-16,23-24H2,1-6H3. The van der Waals surface area contributed by atoms with E-state index in [1.54, 1.807) is 28.4 Å². The predicted octanol–water partition coefficient (Wildman–Crippen LogP) is 5.71. The summed E-state index contributed by atoms with van der Waals surface area (Å²) in [5.41, 5.74) is 3.51. The number of benzene rings is 2. The molecule has 0 aromatic heterocycles. The van der Waals surface area contributed by atoms with Crippen molar-refractivity contribution in [3.63, 3.8) is 0 Å². The minimum atomic E-state index is -0.451. The Bertz CT molecular complexity index is 1420. The molecule has 1 unspecified atom stereocenters. The van der Waals surface area contributed by atoms with Crippen molar-refractivity contribution in [2.75, 3.05) is 61.3 Å². The van der Waals surface area contributed by atoms with Gasteiger partial charge in [0.25, 0.3) is 0 Å². The SMILES string of the molecule is COc1cc(CN2CCC3(CC2)C2=CC(C)(C)c4c(cc(OC)cc4OC)CN2C(=O)N3CCOC2CCCCO2)cc(OC)c1. The van der Waals surface area contributed by atoms with Crippen LogP contribution in [0.4, 0.5) is 4.79 Å². The zero-order valence-corrected chi connectivity index (χ0v) is 28.2. The van der Waals surface area contributed by atoms with Crippen LogP contribution in [0.15, 0.2) is 42.1 Å². The first-order chi connectivity index (χ1) is 22.2. The van der Waals surface area contributed by atoms with E-state index in [2.05, 4.69) is 41.9 Å². The first kappa shape index (κ1) is 32.5.